The summed E-state index contributed by atoms with van der Waals surface area (Å²) in [4.78, 5) is 19.8. The van der Waals surface area contributed by atoms with Gasteiger partial charge in [-0.15, -0.1) is 0 Å². The number of benzene rings is 2. The number of aryl methyl sites for hydroxylation is 1. The van der Waals surface area contributed by atoms with E-state index in [-0.39, 0.29) is 5.91 Å². The van der Waals surface area contributed by atoms with Crippen molar-refractivity contribution in [1.29, 1.82) is 0 Å². The van der Waals surface area contributed by atoms with Gasteiger partial charge in [-0.1, -0.05) is 36.4 Å². The van der Waals surface area contributed by atoms with E-state index in [1.165, 1.54) is 11.8 Å². The summed E-state index contributed by atoms with van der Waals surface area (Å²) in [6.07, 6.45) is 1.87. The highest BCUT2D eigenvalue weighted by atomic mass is 32.2. The van der Waals surface area contributed by atoms with Crippen molar-refractivity contribution in [2.45, 2.75) is 13.8 Å². The van der Waals surface area contributed by atoms with E-state index in [0.717, 1.165) is 22.6 Å². The molecule has 0 aromatic heterocycles. The van der Waals surface area contributed by atoms with Crippen LogP contribution in [0.5, 0.6) is 5.75 Å². The Kier molecular flexibility index (Phi) is 5.24. The maximum absolute atomic E-state index is 12.7. The minimum atomic E-state index is -0.0225. The lowest BCUT2D eigenvalue weighted by atomic mass is 10.2. The molecule has 1 amide bonds. The minimum Gasteiger partial charge on any atom is -0.496 e. The number of carbonyl (C=O) groups excluding carboxylic acids is 1. The molecule has 5 heteroatoms. The fourth-order valence-corrected chi connectivity index (χ4v) is 3.64. The topological polar surface area (TPSA) is 41.9 Å². The largest absolute Gasteiger partial charge is 0.496 e. The van der Waals surface area contributed by atoms with E-state index in [9.17, 15) is 4.79 Å². The first-order chi connectivity index (χ1) is 12.1. The van der Waals surface area contributed by atoms with Crippen LogP contribution < -0.4 is 4.74 Å². The second-order valence-corrected chi connectivity index (χ2v) is 6.59. The number of ether oxygens (including phenoxy) is 1. The SMILES string of the molecule is CCN1C(=O)/C(=C\c2ccccc2OC)SC1=Nc1ccccc1C. The Morgan fingerprint density at radius 3 is 2.60 bits per heavy atom. The number of methoxy groups -OCH3 is 1. The van der Waals surface area contributed by atoms with Crippen LogP contribution in [0.4, 0.5) is 5.69 Å². The maximum Gasteiger partial charge on any atom is 0.266 e. The number of para-hydroxylation sites is 2. The predicted molar refractivity (Wildman–Crippen MR) is 104 cm³/mol. The van der Waals surface area contributed by atoms with Gasteiger partial charge in [0.05, 0.1) is 17.7 Å². The van der Waals surface area contributed by atoms with Gasteiger partial charge in [0.25, 0.3) is 5.91 Å². The summed E-state index contributed by atoms with van der Waals surface area (Å²) < 4.78 is 5.37. The molecule has 0 unspecified atom stereocenters. The van der Waals surface area contributed by atoms with Crippen LogP contribution in [0.2, 0.25) is 0 Å². The highest BCUT2D eigenvalue weighted by molar-refractivity contribution is 8.18. The van der Waals surface area contributed by atoms with E-state index in [1.807, 2.05) is 68.5 Å². The molecular weight excluding hydrogens is 332 g/mol. The van der Waals surface area contributed by atoms with Gasteiger partial charge >= 0.3 is 0 Å². The van der Waals surface area contributed by atoms with Crippen molar-refractivity contribution in [3.63, 3.8) is 0 Å². The molecule has 4 nitrogen and oxygen atoms in total. The van der Waals surface area contributed by atoms with Crippen LogP contribution in [-0.2, 0) is 4.79 Å². The van der Waals surface area contributed by atoms with Gasteiger partial charge in [-0.25, -0.2) is 4.99 Å². The fraction of sp³-hybridized carbons (Fsp3) is 0.200. The molecule has 2 aromatic carbocycles. The number of rotatable bonds is 4. The molecule has 0 radical (unpaired) electrons. The number of aliphatic imine (C=N–C) groups is 1. The zero-order valence-electron chi connectivity index (χ0n) is 14.5. The van der Waals surface area contributed by atoms with Crippen molar-refractivity contribution in [3.8, 4) is 5.75 Å². The van der Waals surface area contributed by atoms with Gasteiger partial charge in [-0.05, 0) is 49.4 Å². The Morgan fingerprint density at radius 2 is 1.88 bits per heavy atom. The highest BCUT2D eigenvalue weighted by Gasteiger charge is 2.32. The summed E-state index contributed by atoms with van der Waals surface area (Å²) in [6.45, 7) is 4.56. The van der Waals surface area contributed by atoms with Crippen molar-refractivity contribution in [2.75, 3.05) is 13.7 Å². The number of likely N-dealkylation sites (N-methyl/N-ethyl adjacent to an activating group) is 1. The van der Waals surface area contributed by atoms with Gasteiger partial charge < -0.3 is 4.74 Å². The Hall–Kier alpha value is -2.53. The number of thioether (sulfide) groups is 1. The third kappa shape index (κ3) is 3.61. The second kappa shape index (κ2) is 7.57. The molecule has 0 atom stereocenters. The normalized spacial score (nSPS) is 17.6. The average Bonchev–Trinajstić information content (AvgIpc) is 2.92. The standard InChI is InChI=1S/C20H20N2O2S/c1-4-22-19(23)18(13-15-10-6-8-12-17(15)24-3)25-20(22)21-16-11-7-5-9-14(16)2/h5-13H,4H2,1-3H3/b18-13+,21-20?. The Morgan fingerprint density at radius 1 is 1.16 bits per heavy atom. The third-order valence-corrected chi connectivity index (χ3v) is 4.97. The smallest absolute Gasteiger partial charge is 0.266 e. The van der Waals surface area contributed by atoms with E-state index >= 15 is 0 Å². The molecule has 1 aliphatic heterocycles. The van der Waals surface area contributed by atoms with E-state index in [1.54, 1.807) is 12.0 Å². The van der Waals surface area contributed by atoms with Crippen molar-refractivity contribution in [2.24, 2.45) is 4.99 Å². The van der Waals surface area contributed by atoms with Crippen molar-refractivity contribution in [1.82, 2.24) is 4.90 Å². The first-order valence-corrected chi connectivity index (χ1v) is 8.94. The molecule has 25 heavy (non-hydrogen) atoms. The Labute approximate surface area is 152 Å². The number of amides is 1. The van der Waals surface area contributed by atoms with Crippen LogP contribution >= 0.6 is 11.8 Å². The van der Waals surface area contributed by atoms with Gasteiger partial charge in [-0.3, -0.25) is 9.69 Å². The Balaban J connectivity index is 1.98. The number of nitrogens with zero attached hydrogens (tertiary/aromatic N) is 2. The van der Waals surface area contributed by atoms with Gasteiger partial charge in [0.15, 0.2) is 5.17 Å². The quantitative estimate of drug-likeness (QED) is 0.754. The number of amidine groups is 1. The molecule has 0 aliphatic carbocycles. The van der Waals surface area contributed by atoms with Crippen molar-refractivity contribution in [3.05, 3.63) is 64.6 Å². The molecule has 128 valence electrons. The van der Waals surface area contributed by atoms with Gasteiger partial charge in [0, 0.05) is 12.1 Å². The predicted octanol–water partition coefficient (Wildman–Crippen LogP) is 4.63. The lowest BCUT2D eigenvalue weighted by Crippen LogP contribution is -2.28. The Bertz CT molecular complexity index is 858. The van der Waals surface area contributed by atoms with Crippen molar-refractivity contribution < 1.29 is 9.53 Å². The summed E-state index contributed by atoms with van der Waals surface area (Å²) >= 11 is 1.40. The molecule has 0 saturated carbocycles. The van der Waals surface area contributed by atoms with E-state index in [0.29, 0.717) is 16.6 Å². The summed E-state index contributed by atoms with van der Waals surface area (Å²) in [5, 5.41) is 0.711. The third-order valence-electron chi connectivity index (χ3n) is 3.96. The number of hydrogen-bond acceptors (Lipinski definition) is 4. The van der Waals surface area contributed by atoms with Crippen LogP contribution in [-0.4, -0.2) is 29.6 Å². The van der Waals surface area contributed by atoms with E-state index < -0.39 is 0 Å². The molecule has 0 N–H and O–H groups in total. The second-order valence-electron chi connectivity index (χ2n) is 5.58. The summed E-state index contributed by atoms with van der Waals surface area (Å²) in [5.41, 5.74) is 2.85. The highest BCUT2D eigenvalue weighted by Crippen LogP contribution is 2.35. The maximum atomic E-state index is 12.7. The summed E-state index contributed by atoms with van der Waals surface area (Å²) in [5.74, 6) is 0.724. The number of hydrogen-bond donors (Lipinski definition) is 0. The first-order valence-electron chi connectivity index (χ1n) is 8.12. The van der Waals surface area contributed by atoms with Gasteiger partial charge in [0.1, 0.15) is 5.75 Å². The molecule has 3 rings (SSSR count). The first kappa shape index (κ1) is 17.3. The zero-order chi connectivity index (χ0) is 17.8. The monoisotopic (exact) mass is 352 g/mol. The van der Waals surface area contributed by atoms with E-state index in [4.69, 9.17) is 9.73 Å². The minimum absolute atomic E-state index is 0.0225. The van der Waals surface area contributed by atoms with Crippen LogP contribution in [0.3, 0.4) is 0 Å². The molecule has 0 spiro atoms. The van der Waals surface area contributed by atoms with Gasteiger partial charge in [-0.2, -0.15) is 0 Å². The summed E-state index contributed by atoms with van der Waals surface area (Å²) in [7, 11) is 1.63. The molecular formula is C20H20N2O2S. The van der Waals surface area contributed by atoms with Crippen LogP contribution in [0.15, 0.2) is 58.4 Å². The van der Waals surface area contributed by atoms with Crippen LogP contribution in [0.1, 0.15) is 18.1 Å². The molecule has 2 aromatic rings. The fourth-order valence-electron chi connectivity index (χ4n) is 2.59. The molecule has 1 fully saturated rings. The van der Waals surface area contributed by atoms with Gasteiger partial charge in [0.2, 0.25) is 0 Å². The van der Waals surface area contributed by atoms with E-state index in [2.05, 4.69) is 0 Å². The molecule has 1 aliphatic rings. The molecule has 0 bridgehead atoms. The molecule has 1 heterocycles. The summed E-state index contributed by atoms with van der Waals surface area (Å²) in [6, 6.07) is 15.6. The molecule has 1 saturated heterocycles. The lowest BCUT2D eigenvalue weighted by molar-refractivity contribution is -0.122. The average molecular weight is 352 g/mol. The number of carbonyl (C=O) groups is 1. The zero-order valence-corrected chi connectivity index (χ0v) is 15.3. The van der Waals surface area contributed by atoms with Crippen molar-refractivity contribution >= 4 is 34.6 Å². The van der Waals surface area contributed by atoms with Crippen LogP contribution in [0, 0.1) is 6.92 Å². The van der Waals surface area contributed by atoms with Crippen LogP contribution in [0.25, 0.3) is 6.08 Å². The lowest BCUT2D eigenvalue weighted by Gasteiger charge is -2.12.